The van der Waals surface area contributed by atoms with Crippen molar-refractivity contribution in [2.45, 2.75) is 39.7 Å². The lowest BCUT2D eigenvalue weighted by atomic mass is 9.89. The normalized spacial score (nSPS) is 13.6. The Balaban J connectivity index is 2.73. The summed E-state index contributed by atoms with van der Waals surface area (Å²) in [5.74, 6) is -1.07. The van der Waals surface area contributed by atoms with Crippen molar-refractivity contribution < 1.29 is 13.9 Å². The quantitative estimate of drug-likeness (QED) is 0.796. The second-order valence-electron chi connectivity index (χ2n) is 5.65. The SMILES string of the molecule is CCC(NCC(C)(C)CCO)c1ccc(F)cc1F. The third-order valence-electron chi connectivity index (χ3n) is 3.36. The van der Waals surface area contributed by atoms with Crippen molar-refractivity contribution in [3.63, 3.8) is 0 Å². The van der Waals surface area contributed by atoms with E-state index in [4.69, 9.17) is 5.11 Å². The maximum Gasteiger partial charge on any atom is 0.130 e. The van der Waals surface area contributed by atoms with Gasteiger partial charge in [-0.15, -0.1) is 0 Å². The molecule has 0 saturated carbocycles. The number of hydrogen-bond donors (Lipinski definition) is 2. The van der Waals surface area contributed by atoms with E-state index >= 15 is 0 Å². The first-order valence-corrected chi connectivity index (χ1v) is 6.69. The number of halogens is 2. The number of rotatable bonds is 7. The van der Waals surface area contributed by atoms with Crippen LogP contribution in [0.1, 0.15) is 45.2 Å². The molecule has 1 unspecified atom stereocenters. The highest BCUT2D eigenvalue weighted by molar-refractivity contribution is 5.22. The lowest BCUT2D eigenvalue weighted by molar-refractivity contribution is 0.202. The van der Waals surface area contributed by atoms with Crippen molar-refractivity contribution in [1.82, 2.24) is 5.32 Å². The fourth-order valence-corrected chi connectivity index (χ4v) is 2.05. The molecule has 0 aliphatic rings. The monoisotopic (exact) mass is 271 g/mol. The number of aliphatic hydroxyl groups excluding tert-OH is 1. The molecule has 0 bridgehead atoms. The van der Waals surface area contributed by atoms with Crippen molar-refractivity contribution in [2.75, 3.05) is 13.2 Å². The van der Waals surface area contributed by atoms with Gasteiger partial charge < -0.3 is 10.4 Å². The molecule has 1 rings (SSSR count). The van der Waals surface area contributed by atoms with Crippen LogP contribution in [0.25, 0.3) is 0 Å². The molecule has 0 amide bonds. The second kappa shape index (κ2) is 6.96. The fraction of sp³-hybridized carbons (Fsp3) is 0.600. The first-order chi connectivity index (χ1) is 8.89. The van der Waals surface area contributed by atoms with Crippen molar-refractivity contribution >= 4 is 0 Å². The Labute approximate surface area is 113 Å². The molecule has 0 saturated heterocycles. The van der Waals surface area contributed by atoms with Gasteiger partial charge >= 0.3 is 0 Å². The molecular weight excluding hydrogens is 248 g/mol. The van der Waals surface area contributed by atoms with E-state index in [1.165, 1.54) is 12.1 Å². The molecule has 0 heterocycles. The standard InChI is InChI=1S/C15H23F2NO/c1-4-14(18-10-15(2,3)7-8-19)12-6-5-11(16)9-13(12)17/h5-6,9,14,18-19H,4,7-8,10H2,1-3H3. The van der Waals surface area contributed by atoms with Crippen LogP contribution < -0.4 is 5.32 Å². The predicted molar refractivity (Wildman–Crippen MR) is 72.9 cm³/mol. The van der Waals surface area contributed by atoms with Crippen LogP contribution in [-0.2, 0) is 0 Å². The van der Waals surface area contributed by atoms with E-state index in [0.717, 1.165) is 12.5 Å². The molecule has 4 heteroatoms. The van der Waals surface area contributed by atoms with Gasteiger partial charge in [-0.2, -0.15) is 0 Å². The fourth-order valence-electron chi connectivity index (χ4n) is 2.05. The molecule has 108 valence electrons. The van der Waals surface area contributed by atoms with Crippen LogP contribution in [0.5, 0.6) is 0 Å². The van der Waals surface area contributed by atoms with Crippen LogP contribution in [0, 0.1) is 17.0 Å². The van der Waals surface area contributed by atoms with Crippen LogP contribution in [0.2, 0.25) is 0 Å². The zero-order chi connectivity index (χ0) is 14.5. The molecule has 0 spiro atoms. The van der Waals surface area contributed by atoms with Crippen molar-refractivity contribution in [3.8, 4) is 0 Å². The van der Waals surface area contributed by atoms with Gasteiger partial charge in [0.25, 0.3) is 0 Å². The highest BCUT2D eigenvalue weighted by Crippen LogP contribution is 2.24. The maximum atomic E-state index is 13.7. The van der Waals surface area contributed by atoms with E-state index in [9.17, 15) is 8.78 Å². The lowest BCUT2D eigenvalue weighted by Gasteiger charge is -2.28. The van der Waals surface area contributed by atoms with E-state index in [2.05, 4.69) is 5.32 Å². The Morgan fingerprint density at radius 1 is 1.32 bits per heavy atom. The highest BCUT2D eigenvalue weighted by Gasteiger charge is 2.20. The highest BCUT2D eigenvalue weighted by atomic mass is 19.1. The van der Waals surface area contributed by atoms with Crippen LogP contribution in [0.4, 0.5) is 8.78 Å². The van der Waals surface area contributed by atoms with E-state index in [1.54, 1.807) is 0 Å². The maximum absolute atomic E-state index is 13.7. The third kappa shape index (κ3) is 4.88. The van der Waals surface area contributed by atoms with Crippen LogP contribution in [0.15, 0.2) is 18.2 Å². The topological polar surface area (TPSA) is 32.3 Å². The average Bonchev–Trinajstić information content (AvgIpc) is 2.32. The Morgan fingerprint density at radius 2 is 2.00 bits per heavy atom. The summed E-state index contributed by atoms with van der Waals surface area (Å²) in [4.78, 5) is 0. The number of hydrogen-bond acceptors (Lipinski definition) is 2. The largest absolute Gasteiger partial charge is 0.396 e. The molecule has 0 aliphatic heterocycles. The van der Waals surface area contributed by atoms with Gasteiger partial charge in [0.05, 0.1) is 0 Å². The molecule has 1 atom stereocenters. The van der Waals surface area contributed by atoms with Gasteiger partial charge in [-0.3, -0.25) is 0 Å². The Morgan fingerprint density at radius 3 is 2.53 bits per heavy atom. The number of benzene rings is 1. The molecule has 0 fully saturated rings. The van der Waals surface area contributed by atoms with Gasteiger partial charge in [-0.25, -0.2) is 8.78 Å². The molecular formula is C15H23F2NO. The summed E-state index contributed by atoms with van der Waals surface area (Å²) in [5, 5.41) is 12.3. The lowest BCUT2D eigenvalue weighted by Crippen LogP contribution is -2.33. The minimum Gasteiger partial charge on any atom is -0.396 e. The third-order valence-corrected chi connectivity index (χ3v) is 3.36. The summed E-state index contributed by atoms with van der Waals surface area (Å²) in [6.45, 7) is 6.85. The zero-order valence-electron chi connectivity index (χ0n) is 11.8. The molecule has 0 radical (unpaired) electrons. The first kappa shape index (κ1) is 16.1. The van der Waals surface area contributed by atoms with Gasteiger partial charge in [0, 0.05) is 30.8 Å². The molecule has 1 aromatic rings. The predicted octanol–water partition coefficient (Wildman–Crippen LogP) is 3.41. The van der Waals surface area contributed by atoms with Crippen LogP contribution >= 0.6 is 0 Å². The summed E-state index contributed by atoms with van der Waals surface area (Å²) in [7, 11) is 0. The van der Waals surface area contributed by atoms with Gasteiger partial charge in [0.1, 0.15) is 11.6 Å². The van der Waals surface area contributed by atoms with Crippen LogP contribution in [0.3, 0.4) is 0 Å². The second-order valence-corrected chi connectivity index (χ2v) is 5.65. The molecule has 0 aliphatic carbocycles. The van der Waals surface area contributed by atoms with Crippen LogP contribution in [-0.4, -0.2) is 18.3 Å². The van der Waals surface area contributed by atoms with Gasteiger partial charge in [0.15, 0.2) is 0 Å². The van der Waals surface area contributed by atoms with E-state index < -0.39 is 11.6 Å². The summed E-state index contributed by atoms with van der Waals surface area (Å²) in [6.07, 6.45) is 1.40. The van der Waals surface area contributed by atoms with Gasteiger partial charge in [-0.1, -0.05) is 26.8 Å². The Hall–Kier alpha value is -1.00. The van der Waals surface area contributed by atoms with Crippen molar-refractivity contribution in [2.24, 2.45) is 5.41 Å². The number of aliphatic hydroxyl groups is 1. The molecule has 2 nitrogen and oxygen atoms in total. The molecule has 0 aromatic heterocycles. The minimum atomic E-state index is -0.559. The molecule has 2 N–H and O–H groups in total. The van der Waals surface area contributed by atoms with Gasteiger partial charge in [-0.05, 0) is 24.3 Å². The average molecular weight is 271 g/mol. The van der Waals surface area contributed by atoms with E-state index in [1.807, 2.05) is 20.8 Å². The van der Waals surface area contributed by atoms with Crippen molar-refractivity contribution in [1.29, 1.82) is 0 Å². The van der Waals surface area contributed by atoms with E-state index in [-0.39, 0.29) is 18.1 Å². The summed E-state index contributed by atoms with van der Waals surface area (Å²) in [6, 6.07) is 3.55. The van der Waals surface area contributed by atoms with E-state index in [0.29, 0.717) is 18.5 Å². The molecule has 1 aromatic carbocycles. The minimum absolute atomic E-state index is 0.0569. The molecule has 19 heavy (non-hydrogen) atoms. The summed E-state index contributed by atoms with van der Waals surface area (Å²) < 4.78 is 26.6. The number of nitrogens with one attached hydrogen (secondary N) is 1. The zero-order valence-corrected chi connectivity index (χ0v) is 11.8. The van der Waals surface area contributed by atoms with Crippen molar-refractivity contribution in [3.05, 3.63) is 35.4 Å². The first-order valence-electron chi connectivity index (χ1n) is 6.69. The van der Waals surface area contributed by atoms with Gasteiger partial charge in [0.2, 0.25) is 0 Å². The Kier molecular flexibility index (Phi) is 5.88. The summed E-state index contributed by atoms with van der Waals surface area (Å²) >= 11 is 0. The Bertz CT molecular complexity index is 407. The smallest absolute Gasteiger partial charge is 0.130 e. The summed E-state index contributed by atoms with van der Waals surface area (Å²) in [5.41, 5.74) is 0.433.